The topological polar surface area (TPSA) is 78.0 Å². The predicted octanol–water partition coefficient (Wildman–Crippen LogP) is 0.749. The van der Waals surface area contributed by atoms with Crippen LogP contribution in [0.15, 0.2) is 12.4 Å². The Labute approximate surface area is 88.9 Å². The summed E-state index contributed by atoms with van der Waals surface area (Å²) in [6, 6.07) is -0.0957. The highest BCUT2D eigenvalue weighted by Crippen LogP contribution is 2.06. The molecule has 0 aliphatic heterocycles. The minimum absolute atomic E-state index is 0.00708. The number of nitrogens with one attached hydrogen (secondary N) is 2. The van der Waals surface area contributed by atoms with Gasteiger partial charge >= 0.3 is 0 Å². The van der Waals surface area contributed by atoms with Gasteiger partial charge in [-0.1, -0.05) is 0 Å². The lowest BCUT2D eigenvalue weighted by atomic mass is 10.2. The number of aliphatic hydroxyl groups is 1. The molecule has 0 aliphatic carbocycles. The van der Waals surface area contributed by atoms with Crippen molar-refractivity contribution in [2.75, 3.05) is 6.61 Å². The maximum atomic E-state index is 11.4. The number of nitrogens with zero attached hydrogens (tertiary/aromatic N) is 1. The molecular formula is C10H17N3O2. The van der Waals surface area contributed by atoms with Gasteiger partial charge in [-0.15, -0.1) is 0 Å². The average molecular weight is 211 g/mol. The quantitative estimate of drug-likeness (QED) is 0.607. The van der Waals surface area contributed by atoms with Crippen molar-refractivity contribution in [2.24, 2.45) is 0 Å². The summed E-state index contributed by atoms with van der Waals surface area (Å²) in [6.45, 7) is 2.02. The second-order valence-corrected chi connectivity index (χ2v) is 3.44. The monoisotopic (exact) mass is 211 g/mol. The first-order valence-electron chi connectivity index (χ1n) is 5.13. The number of rotatable bonds is 6. The van der Waals surface area contributed by atoms with E-state index in [0.717, 1.165) is 5.82 Å². The van der Waals surface area contributed by atoms with Crippen LogP contribution in [0.4, 0.5) is 0 Å². The zero-order valence-electron chi connectivity index (χ0n) is 8.86. The molecule has 1 aromatic heterocycles. The van der Waals surface area contributed by atoms with Crippen molar-refractivity contribution in [1.29, 1.82) is 0 Å². The van der Waals surface area contributed by atoms with E-state index in [1.165, 1.54) is 0 Å². The first kappa shape index (κ1) is 11.7. The maximum absolute atomic E-state index is 11.4. The first-order chi connectivity index (χ1) is 7.24. The molecule has 0 fully saturated rings. The Morgan fingerprint density at radius 2 is 2.47 bits per heavy atom. The van der Waals surface area contributed by atoms with E-state index in [1.807, 2.05) is 6.92 Å². The molecule has 3 N–H and O–H groups in total. The van der Waals surface area contributed by atoms with Crippen LogP contribution in [0.2, 0.25) is 0 Å². The summed E-state index contributed by atoms with van der Waals surface area (Å²) in [5.41, 5.74) is 0. The molecule has 1 atom stereocenters. The van der Waals surface area contributed by atoms with Gasteiger partial charge in [0, 0.05) is 25.4 Å². The standard InChI is InChI=1S/C10H17N3O2/c1-8(10-11-5-6-12-10)13-9(15)4-2-3-7-14/h5-6,8,14H,2-4,7H2,1H3,(H,11,12)(H,13,15). The number of aromatic nitrogens is 2. The number of hydrogen-bond acceptors (Lipinski definition) is 3. The molecule has 15 heavy (non-hydrogen) atoms. The molecule has 0 aromatic carbocycles. The molecule has 0 bridgehead atoms. The third kappa shape index (κ3) is 4.12. The van der Waals surface area contributed by atoms with E-state index in [2.05, 4.69) is 15.3 Å². The van der Waals surface area contributed by atoms with Gasteiger partial charge < -0.3 is 15.4 Å². The van der Waals surface area contributed by atoms with E-state index in [0.29, 0.717) is 19.3 Å². The van der Waals surface area contributed by atoms with Crippen LogP contribution in [-0.2, 0) is 4.79 Å². The Hall–Kier alpha value is -1.36. The van der Waals surface area contributed by atoms with Gasteiger partial charge in [-0.3, -0.25) is 4.79 Å². The van der Waals surface area contributed by atoms with Gasteiger partial charge in [-0.2, -0.15) is 0 Å². The Morgan fingerprint density at radius 1 is 1.67 bits per heavy atom. The fourth-order valence-electron chi connectivity index (χ4n) is 1.29. The van der Waals surface area contributed by atoms with Crippen LogP contribution in [0.1, 0.15) is 38.1 Å². The van der Waals surface area contributed by atoms with Gasteiger partial charge in [0.15, 0.2) is 0 Å². The van der Waals surface area contributed by atoms with Crippen LogP contribution in [0.25, 0.3) is 0 Å². The van der Waals surface area contributed by atoms with Gasteiger partial charge in [0.05, 0.1) is 6.04 Å². The average Bonchev–Trinajstić information content (AvgIpc) is 2.70. The molecule has 1 aromatic rings. The van der Waals surface area contributed by atoms with Gasteiger partial charge in [0.25, 0.3) is 0 Å². The molecule has 84 valence electrons. The molecule has 0 saturated carbocycles. The van der Waals surface area contributed by atoms with E-state index in [-0.39, 0.29) is 18.6 Å². The van der Waals surface area contributed by atoms with Crippen molar-refractivity contribution in [3.63, 3.8) is 0 Å². The zero-order valence-corrected chi connectivity index (χ0v) is 8.86. The van der Waals surface area contributed by atoms with Crippen molar-refractivity contribution in [3.05, 3.63) is 18.2 Å². The maximum Gasteiger partial charge on any atom is 0.220 e. The fraction of sp³-hybridized carbons (Fsp3) is 0.600. The number of unbranched alkanes of at least 4 members (excludes halogenated alkanes) is 1. The van der Waals surface area contributed by atoms with Crippen LogP contribution in [0.3, 0.4) is 0 Å². The third-order valence-corrected chi connectivity index (χ3v) is 2.12. The van der Waals surface area contributed by atoms with Crippen molar-refractivity contribution >= 4 is 5.91 Å². The molecule has 0 radical (unpaired) electrons. The highest BCUT2D eigenvalue weighted by Gasteiger charge is 2.10. The molecule has 0 saturated heterocycles. The number of H-pyrrole nitrogens is 1. The second kappa shape index (κ2) is 6.19. The van der Waals surface area contributed by atoms with Crippen molar-refractivity contribution in [3.8, 4) is 0 Å². The number of aliphatic hydroxyl groups excluding tert-OH is 1. The lowest BCUT2D eigenvalue weighted by Crippen LogP contribution is -2.27. The summed E-state index contributed by atoms with van der Waals surface area (Å²) in [4.78, 5) is 18.4. The number of imidazole rings is 1. The molecule has 1 unspecified atom stereocenters. The summed E-state index contributed by atoms with van der Waals surface area (Å²) in [5.74, 6) is 0.748. The number of carbonyl (C=O) groups excluding carboxylic acids is 1. The summed E-state index contributed by atoms with van der Waals surface area (Å²) in [7, 11) is 0. The van der Waals surface area contributed by atoms with Crippen LogP contribution in [-0.4, -0.2) is 27.6 Å². The zero-order chi connectivity index (χ0) is 11.1. The van der Waals surface area contributed by atoms with Crippen molar-refractivity contribution in [2.45, 2.75) is 32.2 Å². The van der Waals surface area contributed by atoms with Gasteiger partial charge in [0.2, 0.25) is 5.91 Å². The van der Waals surface area contributed by atoms with E-state index in [4.69, 9.17) is 5.11 Å². The van der Waals surface area contributed by atoms with Crippen LogP contribution in [0.5, 0.6) is 0 Å². The van der Waals surface area contributed by atoms with Crippen molar-refractivity contribution < 1.29 is 9.90 Å². The Balaban J connectivity index is 2.26. The van der Waals surface area contributed by atoms with Crippen LogP contribution >= 0.6 is 0 Å². The van der Waals surface area contributed by atoms with Crippen LogP contribution < -0.4 is 5.32 Å². The molecule has 1 rings (SSSR count). The predicted molar refractivity (Wildman–Crippen MR) is 56.1 cm³/mol. The smallest absolute Gasteiger partial charge is 0.220 e. The Morgan fingerprint density at radius 3 is 3.07 bits per heavy atom. The highest BCUT2D eigenvalue weighted by atomic mass is 16.2. The largest absolute Gasteiger partial charge is 0.396 e. The minimum atomic E-state index is -0.0957. The minimum Gasteiger partial charge on any atom is -0.396 e. The first-order valence-corrected chi connectivity index (χ1v) is 5.13. The van der Waals surface area contributed by atoms with E-state index in [1.54, 1.807) is 12.4 Å². The second-order valence-electron chi connectivity index (χ2n) is 3.44. The van der Waals surface area contributed by atoms with Crippen LogP contribution in [0, 0.1) is 0 Å². The number of hydrogen-bond donors (Lipinski definition) is 3. The summed E-state index contributed by atoms with van der Waals surface area (Å²) in [6.07, 6.45) is 5.22. The summed E-state index contributed by atoms with van der Waals surface area (Å²) < 4.78 is 0. The molecule has 5 nitrogen and oxygen atoms in total. The lowest BCUT2D eigenvalue weighted by molar-refractivity contribution is -0.121. The number of amides is 1. The highest BCUT2D eigenvalue weighted by molar-refractivity contribution is 5.76. The fourth-order valence-corrected chi connectivity index (χ4v) is 1.29. The molecule has 0 spiro atoms. The summed E-state index contributed by atoms with van der Waals surface area (Å²) >= 11 is 0. The van der Waals surface area contributed by atoms with E-state index in [9.17, 15) is 4.79 Å². The summed E-state index contributed by atoms with van der Waals surface area (Å²) in [5, 5.41) is 11.4. The Kier molecular flexibility index (Phi) is 4.83. The molecule has 1 heterocycles. The Bertz CT molecular complexity index is 285. The normalized spacial score (nSPS) is 12.4. The van der Waals surface area contributed by atoms with E-state index < -0.39 is 0 Å². The molecular weight excluding hydrogens is 194 g/mol. The molecule has 5 heteroatoms. The van der Waals surface area contributed by atoms with Gasteiger partial charge in [-0.25, -0.2) is 4.98 Å². The van der Waals surface area contributed by atoms with Gasteiger partial charge in [0.1, 0.15) is 5.82 Å². The van der Waals surface area contributed by atoms with Crippen molar-refractivity contribution in [1.82, 2.24) is 15.3 Å². The SMILES string of the molecule is CC(NC(=O)CCCCO)c1ncc[nH]1. The van der Waals surface area contributed by atoms with Gasteiger partial charge in [-0.05, 0) is 19.8 Å². The third-order valence-electron chi connectivity index (χ3n) is 2.12. The molecule has 0 aliphatic rings. The lowest BCUT2D eigenvalue weighted by Gasteiger charge is -2.10. The number of carbonyl (C=O) groups is 1. The van der Waals surface area contributed by atoms with E-state index >= 15 is 0 Å². The molecule has 1 amide bonds. The number of aromatic amines is 1.